The SMILES string of the molecule is C[C@@H](NC(=O)c1ccnn1C1CC1)c1ccc(C(F)(F)F)nc1. The molecule has 8 heteroatoms. The van der Waals surface area contributed by atoms with Gasteiger partial charge in [-0.25, -0.2) is 0 Å². The zero-order valence-corrected chi connectivity index (χ0v) is 12.3. The molecule has 1 N–H and O–H groups in total. The molecule has 1 saturated carbocycles. The van der Waals surface area contributed by atoms with E-state index in [9.17, 15) is 18.0 Å². The second kappa shape index (κ2) is 5.68. The summed E-state index contributed by atoms with van der Waals surface area (Å²) in [5.41, 5.74) is 0.00893. The van der Waals surface area contributed by atoms with Crippen molar-refractivity contribution in [2.75, 3.05) is 0 Å². The lowest BCUT2D eigenvalue weighted by atomic mass is 10.1. The third kappa shape index (κ3) is 3.35. The van der Waals surface area contributed by atoms with Gasteiger partial charge in [0, 0.05) is 12.4 Å². The summed E-state index contributed by atoms with van der Waals surface area (Å²) in [5.74, 6) is -0.304. The minimum Gasteiger partial charge on any atom is -0.344 e. The Morgan fingerprint density at radius 2 is 2.09 bits per heavy atom. The fraction of sp³-hybridized carbons (Fsp3) is 0.400. The van der Waals surface area contributed by atoms with Gasteiger partial charge in [0.1, 0.15) is 11.4 Å². The van der Waals surface area contributed by atoms with E-state index in [2.05, 4.69) is 15.4 Å². The molecule has 0 saturated heterocycles. The zero-order chi connectivity index (χ0) is 16.6. The van der Waals surface area contributed by atoms with E-state index in [1.807, 2.05) is 0 Å². The van der Waals surface area contributed by atoms with Crippen molar-refractivity contribution in [1.82, 2.24) is 20.1 Å². The highest BCUT2D eigenvalue weighted by atomic mass is 19.4. The lowest BCUT2D eigenvalue weighted by Crippen LogP contribution is -2.29. The molecular formula is C15H15F3N4O. The number of nitrogens with one attached hydrogen (secondary N) is 1. The quantitative estimate of drug-likeness (QED) is 0.940. The van der Waals surface area contributed by atoms with Gasteiger partial charge in [0.25, 0.3) is 5.91 Å². The van der Waals surface area contributed by atoms with Crippen molar-refractivity contribution >= 4 is 5.91 Å². The molecule has 1 aliphatic rings. The van der Waals surface area contributed by atoms with E-state index in [4.69, 9.17) is 0 Å². The highest BCUT2D eigenvalue weighted by molar-refractivity contribution is 5.92. The van der Waals surface area contributed by atoms with Gasteiger partial charge in [0.2, 0.25) is 0 Å². The maximum atomic E-state index is 12.5. The summed E-state index contributed by atoms with van der Waals surface area (Å²) in [5, 5.41) is 6.90. The molecule has 0 radical (unpaired) electrons. The lowest BCUT2D eigenvalue weighted by molar-refractivity contribution is -0.141. The fourth-order valence-electron chi connectivity index (χ4n) is 2.29. The first-order chi connectivity index (χ1) is 10.9. The van der Waals surface area contributed by atoms with Crippen LogP contribution in [0.3, 0.4) is 0 Å². The van der Waals surface area contributed by atoms with Crippen molar-refractivity contribution < 1.29 is 18.0 Å². The zero-order valence-electron chi connectivity index (χ0n) is 12.3. The van der Waals surface area contributed by atoms with Crippen molar-refractivity contribution in [3.05, 3.63) is 47.5 Å². The summed E-state index contributed by atoms with van der Waals surface area (Å²) in [6.45, 7) is 1.69. The molecule has 1 atom stereocenters. The van der Waals surface area contributed by atoms with Crippen LogP contribution in [0.2, 0.25) is 0 Å². The molecule has 122 valence electrons. The maximum absolute atomic E-state index is 12.5. The Balaban J connectivity index is 1.69. The van der Waals surface area contributed by atoms with Crippen LogP contribution >= 0.6 is 0 Å². The van der Waals surface area contributed by atoms with Gasteiger partial charge in [0.15, 0.2) is 0 Å². The van der Waals surface area contributed by atoms with Gasteiger partial charge in [-0.3, -0.25) is 14.5 Å². The molecule has 0 aliphatic heterocycles. The number of aromatic nitrogens is 3. The van der Waals surface area contributed by atoms with E-state index in [1.165, 1.54) is 6.07 Å². The van der Waals surface area contributed by atoms with Crippen molar-refractivity contribution in [3.8, 4) is 0 Å². The van der Waals surface area contributed by atoms with E-state index in [0.717, 1.165) is 25.1 Å². The molecule has 23 heavy (non-hydrogen) atoms. The minimum atomic E-state index is -4.47. The molecule has 0 bridgehead atoms. The lowest BCUT2D eigenvalue weighted by Gasteiger charge is -2.15. The smallest absolute Gasteiger partial charge is 0.344 e. The number of amides is 1. The topological polar surface area (TPSA) is 59.8 Å². The molecule has 0 aromatic carbocycles. The Hall–Kier alpha value is -2.38. The average Bonchev–Trinajstić information content (AvgIpc) is 3.23. The average molecular weight is 324 g/mol. The number of carbonyl (C=O) groups is 1. The van der Waals surface area contributed by atoms with E-state index in [1.54, 1.807) is 23.9 Å². The van der Waals surface area contributed by atoms with Crippen LogP contribution in [0.5, 0.6) is 0 Å². The second-order valence-electron chi connectivity index (χ2n) is 5.56. The molecule has 2 aromatic rings. The van der Waals surface area contributed by atoms with Crippen LogP contribution in [-0.2, 0) is 6.18 Å². The van der Waals surface area contributed by atoms with Crippen LogP contribution in [-0.4, -0.2) is 20.7 Å². The standard InChI is InChI=1S/C15H15F3N4O/c1-9(10-2-5-13(19-8-10)15(16,17)18)21-14(23)12-6-7-20-22(12)11-3-4-11/h2,5-9,11H,3-4H2,1H3,(H,21,23)/t9-/m1/s1. The number of hydrogen-bond donors (Lipinski definition) is 1. The van der Waals surface area contributed by atoms with Crippen molar-refractivity contribution in [2.45, 2.75) is 38.0 Å². The second-order valence-corrected chi connectivity index (χ2v) is 5.56. The van der Waals surface area contributed by atoms with Crippen LogP contribution in [0.25, 0.3) is 0 Å². The number of rotatable bonds is 4. The molecule has 2 aromatic heterocycles. The first-order valence-electron chi connectivity index (χ1n) is 7.24. The van der Waals surface area contributed by atoms with Gasteiger partial charge in [-0.05, 0) is 37.5 Å². The Morgan fingerprint density at radius 1 is 1.35 bits per heavy atom. The van der Waals surface area contributed by atoms with Gasteiger partial charge in [0.05, 0.1) is 12.1 Å². The van der Waals surface area contributed by atoms with Crippen molar-refractivity contribution in [2.24, 2.45) is 0 Å². The monoisotopic (exact) mass is 324 g/mol. The number of halogens is 3. The third-order valence-corrected chi connectivity index (χ3v) is 3.72. The Labute approximate surface area is 130 Å². The van der Waals surface area contributed by atoms with Crippen LogP contribution in [0.1, 0.15) is 53.6 Å². The summed E-state index contributed by atoms with van der Waals surface area (Å²) in [6.07, 6.45) is 0.228. The highest BCUT2D eigenvalue weighted by Gasteiger charge is 2.32. The highest BCUT2D eigenvalue weighted by Crippen LogP contribution is 2.35. The fourth-order valence-corrected chi connectivity index (χ4v) is 2.29. The third-order valence-electron chi connectivity index (χ3n) is 3.72. The molecule has 1 fully saturated rings. The molecule has 0 unspecified atom stereocenters. The van der Waals surface area contributed by atoms with Gasteiger partial charge < -0.3 is 5.32 Å². The summed E-state index contributed by atoms with van der Waals surface area (Å²) >= 11 is 0. The van der Waals surface area contributed by atoms with E-state index in [0.29, 0.717) is 11.3 Å². The Morgan fingerprint density at radius 3 is 2.65 bits per heavy atom. The first-order valence-corrected chi connectivity index (χ1v) is 7.24. The van der Waals surface area contributed by atoms with E-state index in [-0.39, 0.29) is 11.9 Å². The Bertz CT molecular complexity index is 704. The molecular weight excluding hydrogens is 309 g/mol. The van der Waals surface area contributed by atoms with Gasteiger partial charge in [-0.1, -0.05) is 6.07 Å². The van der Waals surface area contributed by atoms with Crippen LogP contribution in [0, 0.1) is 0 Å². The van der Waals surface area contributed by atoms with E-state index >= 15 is 0 Å². The van der Waals surface area contributed by atoms with Crippen LogP contribution in [0.15, 0.2) is 30.6 Å². The summed E-state index contributed by atoms with van der Waals surface area (Å²) in [6, 6.07) is 3.67. The van der Waals surface area contributed by atoms with Crippen molar-refractivity contribution in [1.29, 1.82) is 0 Å². The van der Waals surface area contributed by atoms with Crippen LogP contribution < -0.4 is 5.32 Å². The largest absolute Gasteiger partial charge is 0.433 e. The number of nitrogens with zero attached hydrogens (tertiary/aromatic N) is 3. The molecule has 1 amide bonds. The minimum absolute atomic E-state index is 0.272. The predicted molar refractivity (Wildman–Crippen MR) is 75.6 cm³/mol. The summed E-state index contributed by atoms with van der Waals surface area (Å²) in [7, 11) is 0. The Kier molecular flexibility index (Phi) is 3.83. The van der Waals surface area contributed by atoms with Crippen LogP contribution in [0.4, 0.5) is 13.2 Å². The molecule has 3 rings (SSSR count). The summed E-state index contributed by atoms with van der Waals surface area (Å²) < 4.78 is 39.2. The molecule has 5 nitrogen and oxygen atoms in total. The molecule has 0 spiro atoms. The van der Waals surface area contributed by atoms with Gasteiger partial charge in [-0.15, -0.1) is 0 Å². The molecule has 2 heterocycles. The number of alkyl halides is 3. The van der Waals surface area contributed by atoms with Crippen molar-refractivity contribution in [3.63, 3.8) is 0 Å². The van der Waals surface area contributed by atoms with Gasteiger partial charge >= 0.3 is 6.18 Å². The number of carbonyl (C=O) groups excluding carboxylic acids is 1. The predicted octanol–water partition coefficient (Wildman–Crippen LogP) is 3.12. The number of hydrogen-bond acceptors (Lipinski definition) is 3. The maximum Gasteiger partial charge on any atom is 0.433 e. The summed E-state index contributed by atoms with van der Waals surface area (Å²) in [4.78, 5) is 15.7. The first kappa shape index (κ1) is 15.5. The number of pyridine rings is 1. The van der Waals surface area contributed by atoms with E-state index < -0.39 is 17.9 Å². The van der Waals surface area contributed by atoms with Gasteiger partial charge in [-0.2, -0.15) is 18.3 Å². The molecule has 1 aliphatic carbocycles. The normalized spacial score (nSPS) is 16.2.